The summed E-state index contributed by atoms with van der Waals surface area (Å²) in [7, 11) is 0. The van der Waals surface area contributed by atoms with Crippen molar-refractivity contribution in [3.05, 3.63) is 101 Å². The summed E-state index contributed by atoms with van der Waals surface area (Å²) in [4.78, 5) is 0. The van der Waals surface area contributed by atoms with Gasteiger partial charge in [-0.2, -0.15) is 0 Å². The molecule has 0 fully saturated rings. The van der Waals surface area contributed by atoms with E-state index in [-0.39, 0.29) is 10.8 Å². The standard InChI is InChI=1S/C26H23N/c1-25-15-7-6-12-24(25)26(23-11-5-4-10-22(23)25)20-9-3-2-8-18(20)19-16-17(27)13-14-21(19)26/h2-6,8-14,16,24H,7,15,27H2,1H3/t24?,25?,26-/m1/s1. The van der Waals surface area contributed by atoms with Gasteiger partial charge in [-0.1, -0.05) is 73.7 Å². The molecule has 6 rings (SSSR count). The van der Waals surface area contributed by atoms with Crippen molar-refractivity contribution in [3.63, 3.8) is 0 Å². The zero-order valence-corrected chi connectivity index (χ0v) is 15.6. The van der Waals surface area contributed by atoms with Crippen molar-refractivity contribution >= 4 is 5.69 Å². The molecule has 0 bridgehead atoms. The van der Waals surface area contributed by atoms with Gasteiger partial charge in [0.05, 0.1) is 5.41 Å². The van der Waals surface area contributed by atoms with Crippen LogP contribution in [0, 0.1) is 5.92 Å². The largest absolute Gasteiger partial charge is 0.399 e. The van der Waals surface area contributed by atoms with Gasteiger partial charge in [0, 0.05) is 17.0 Å². The first-order valence-electron chi connectivity index (χ1n) is 9.94. The Morgan fingerprint density at radius 2 is 1.52 bits per heavy atom. The summed E-state index contributed by atoms with van der Waals surface area (Å²) in [6, 6.07) is 24.7. The van der Waals surface area contributed by atoms with Crippen LogP contribution in [0.5, 0.6) is 0 Å². The normalized spacial score (nSPS) is 29.3. The Kier molecular flexibility index (Phi) is 2.78. The summed E-state index contributed by atoms with van der Waals surface area (Å²) >= 11 is 0. The van der Waals surface area contributed by atoms with Crippen molar-refractivity contribution in [3.8, 4) is 11.1 Å². The maximum atomic E-state index is 6.21. The van der Waals surface area contributed by atoms with E-state index in [4.69, 9.17) is 5.73 Å². The van der Waals surface area contributed by atoms with Crippen LogP contribution >= 0.6 is 0 Å². The van der Waals surface area contributed by atoms with Crippen molar-refractivity contribution < 1.29 is 0 Å². The molecule has 0 heterocycles. The molecule has 3 aliphatic carbocycles. The van der Waals surface area contributed by atoms with Crippen LogP contribution in [0.25, 0.3) is 11.1 Å². The molecule has 0 amide bonds. The molecule has 3 aromatic rings. The predicted octanol–water partition coefficient (Wildman–Crippen LogP) is 5.82. The van der Waals surface area contributed by atoms with Gasteiger partial charge < -0.3 is 5.73 Å². The lowest BCUT2D eigenvalue weighted by Gasteiger charge is -2.42. The second-order valence-corrected chi connectivity index (χ2v) is 8.57. The molecule has 0 radical (unpaired) electrons. The van der Waals surface area contributed by atoms with Crippen molar-refractivity contribution in [2.24, 2.45) is 5.92 Å². The lowest BCUT2D eigenvalue weighted by molar-refractivity contribution is 0.285. The van der Waals surface area contributed by atoms with Crippen molar-refractivity contribution in [1.29, 1.82) is 0 Å². The molecule has 0 aliphatic heterocycles. The molecular formula is C26H23N. The van der Waals surface area contributed by atoms with E-state index in [2.05, 4.69) is 85.8 Å². The number of rotatable bonds is 0. The van der Waals surface area contributed by atoms with Gasteiger partial charge in [-0.3, -0.25) is 0 Å². The maximum absolute atomic E-state index is 6.21. The number of anilines is 1. The smallest absolute Gasteiger partial charge is 0.0537 e. The van der Waals surface area contributed by atoms with E-state index in [1.165, 1.54) is 39.8 Å². The fourth-order valence-electron chi connectivity index (χ4n) is 6.36. The summed E-state index contributed by atoms with van der Waals surface area (Å²) < 4.78 is 0. The van der Waals surface area contributed by atoms with Crippen LogP contribution < -0.4 is 5.73 Å². The molecule has 1 spiro atoms. The number of benzene rings is 3. The van der Waals surface area contributed by atoms with Gasteiger partial charge in [-0.05, 0) is 58.4 Å². The minimum atomic E-state index is -0.109. The zero-order valence-electron chi connectivity index (χ0n) is 15.6. The fraction of sp³-hybridized carbons (Fsp3) is 0.231. The third kappa shape index (κ3) is 1.62. The number of hydrogen-bond acceptors (Lipinski definition) is 1. The summed E-state index contributed by atoms with van der Waals surface area (Å²) in [5.74, 6) is 0.433. The quantitative estimate of drug-likeness (QED) is 0.401. The van der Waals surface area contributed by atoms with Gasteiger partial charge in [-0.15, -0.1) is 0 Å². The molecule has 0 aromatic heterocycles. The molecule has 3 aliphatic rings. The number of allylic oxidation sites excluding steroid dienone is 2. The molecule has 1 heteroatoms. The third-order valence-electron chi connectivity index (χ3n) is 7.39. The monoisotopic (exact) mass is 349 g/mol. The molecule has 3 atom stereocenters. The highest BCUT2D eigenvalue weighted by Gasteiger charge is 2.61. The third-order valence-corrected chi connectivity index (χ3v) is 7.39. The average Bonchev–Trinajstić information content (AvgIpc) is 3.12. The van der Waals surface area contributed by atoms with Gasteiger partial charge in [0.15, 0.2) is 0 Å². The minimum Gasteiger partial charge on any atom is -0.399 e. The van der Waals surface area contributed by atoms with Crippen LogP contribution in [-0.4, -0.2) is 0 Å². The number of fused-ring (bicyclic) bond motifs is 10. The Bertz CT molecular complexity index is 1120. The highest BCUT2D eigenvalue weighted by molar-refractivity contribution is 5.87. The second kappa shape index (κ2) is 4.92. The van der Waals surface area contributed by atoms with E-state index in [9.17, 15) is 0 Å². The number of nitrogen functional groups attached to an aromatic ring is 1. The van der Waals surface area contributed by atoms with Gasteiger partial charge in [-0.25, -0.2) is 0 Å². The molecule has 132 valence electrons. The Hall–Kier alpha value is -2.80. The van der Waals surface area contributed by atoms with E-state index >= 15 is 0 Å². The second-order valence-electron chi connectivity index (χ2n) is 8.57. The Morgan fingerprint density at radius 1 is 0.815 bits per heavy atom. The van der Waals surface area contributed by atoms with E-state index in [0.717, 1.165) is 12.1 Å². The summed E-state index contributed by atoms with van der Waals surface area (Å²) in [6.07, 6.45) is 7.27. The molecule has 0 saturated heterocycles. The summed E-state index contributed by atoms with van der Waals surface area (Å²) in [5.41, 5.74) is 15.6. The van der Waals surface area contributed by atoms with Crippen LogP contribution in [0.2, 0.25) is 0 Å². The van der Waals surface area contributed by atoms with Crippen LogP contribution in [0.3, 0.4) is 0 Å². The number of hydrogen-bond donors (Lipinski definition) is 1. The van der Waals surface area contributed by atoms with Crippen LogP contribution in [-0.2, 0) is 10.8 Å². The maximum Gasteiger partial charge on any atom is 0.0537 e. The van der Waals surface area contributed by atoms with E-state index < -0.39 is 0 Å². The molecular weight excluding hydrogens is 326 g/mol. The highest BCUT2D eigenvalue weighted by Crippen LogP contribution is 2.67. The van der Waals surface area contributed by atoms with Crippen molar-refractivity contribution in [1.82, 2.24) is 0 Å². The predicted molar refractivity (Wildman–Crippen MR) is 112 cm³/mol. The lowest BCUT2D eigenvalue weighted by atomic mass is 9.60. The average molecular weight is 349 g/mol. The summed E-state index contributed by atoms with van der Waals surface area (Å²) in [6.45, 7) is 2.48. The van der Waals surface area contributed by atoms with Gasteiger partial charge in [0.2, 0.25) is 0 Å². The Morgan fingerprint density at radius 3 is 2.37 bits per heavy atom. The van der Waals surface area contributed by atoms with Gasteiger partial charge in [0.1, 0.15) is 0 Å². The van der Waals surface area contributed by atoms with Crippen LogP contribution in [0.15, 0.2) is 78.9 Å². The molecule has 0 saturated carbocycles. The highest BCUT2D eigenvalue weighted by atomic mass is 14.6. The van der Waals surface area contributed by atoms with Gasteiger partial charge in [0.25, 0.3) is 0 Å². The first kappa shape index (κ1) is 15.3. The number of nitrogens with two attached hydrogens (primary N) is 1. The minimum absolute atomic E-state index is 0.109. The van der Waals surface area contributed by atoms with E-state index in [0.29, 0.717) is 5.92 Å². The molecule has 27 heavy (non-hydrogen) atoms. The van der Waals surface area contributed by atoms with Crippen molar-refractivity contribution in [2.45, 2.75) is 30.6 Å². The van der Waals surface area contributed by atoms with Crippen LogP contribution in [0.4, 0.5) is 5.69 Å². The fourth-order valence-corrected chi connectivity index (χ4v) is 6.36. The first-order valence-corrected chi connectivity index (χ1v) is 9.94. The van der Waals surface area contributed by atoms with Crippen LogP contribution in [0.1, 0.15) is 42.0 Å². The SMILES string of the molecule is CC12CCC=CC1[C@@]1(c3ccccc3-c3cc(N)ccc31)c1ccccc12. The van der Waals surface area contributed by atoms with E-state index in [1.54, 1.807) is 0 Å². The topological polar surface area (TPSA) is 26.0 Å². The molecule has 2 unspecified atom stereocenters. The molecule has 2 N–H and O–H groups in total. The van der Waals surface area contributed by atoms with E-state index in [1.807, 2.05) is 0 Å². The molecule has 1 nitrogen and oxygen atoms in total. The van der Waals surface area contributed by atoms with Gasteiger partial charge >= 0.3 is 0 Å². The lowest BCUT2D eigenvalue weighted by Crippen LogP contribution is -2.40. The Labute approximate surface area is 160 Å². The zero-order chi connectivity index (χ0) is 18.2. The molecule has 3 aromatic carbocycles. The first-order chi connectivity index (χ1) is 13.2. The summed E-state index contributed by atoms with van der Waals surface area (Å²) in [5, 5.41) is 0. The van der Waals surface area contributed by atoms with Crippen molar-refractivity contribution in [2.75, 3.05) is 5.73 Å². The Balaban J connectivity index is 1.82.